The molecule has 0 fully saturated rings. The zero-order valence-electron chi connectivity index (χ0n) is 13.6. The first-order chi connectivity index (χ1) is 9.49. The van der Waals surface area contributed by atoms with E-state index >= 15 is 0 Å². The molecule has 1 aromatic rings. The summed E-state index contributed by atoms with van der Waals surface area (Å²) in [6.45, 7) is 10.7. The van der Waals surface area contributed by atoms with E-state index in [2.05, 4.69) is 55.2 Å². The summed E-state index contributed by atoms with van der Waals surface area (Å²) in [5, 5.41) is 6.70. The Hall–Kier alpha value is -0.970. The summed E-state index contributed by atoms with van der Waals surface area (Å²) in [5.74, 6) is 5.46. The van der Waals surface area contributed by atoms with Crippen molar-refractivity contribution in [3.63, 3.8) is 0 Å². The van der Waals surface area contributed by atoms with Crippen LogP contribution in [0.2, 0.25) is 0 Å². The molecule has 2 N–H and O–H groups in total. The summed E-state index contributed by atoms with van der Waals surface area (Å²) in [5.41, 5.74) is 1.09. The van der Waals surface area contributed by atoms with Gasteiger partial charge in [0.15, 0.2) is 0 Å². The molecule has 0 saturated carbocycles. The van der Waals surface area contributed by atoms with E-state index in [1.54, 1.807) is 0 Å². The molecule has 0 amide bonds. The second kappa shape index (κ2) is 8.35. The summed E-state index contributed by atoms with van der Waals surface area (Å²) in [4.78, 5) is 9.25. The molecule has 114 valence electrons. The van der Waals surface area contributed by atoms with Gasteiger partial charge in [0.2, 0.25) is 0 Å². The van der Waals surface area contributed by atoms with Crippen LogP contribution >= 0.6 is 11.8 Å². The first kappa shape index (κ1) is 17.1. The van der Waals surface area contributed by atoms with Gasteiger partial charge in [-0.2, -0.15) is 11.8 Å². The first-order valence-electron chi connectivity index (χ1n) is 7.40. The predicted molar refractivity (Wildman–Crippen MR) is 91.1 cm³/mol. The van der Waals surface area contributed by atoms with Crippen molar-refractivity contribution in [2.24, 2.45) is 0 Å². The molecule has 0 aliphatic heterocycles. The number of nitrogens with one attached hydrogen (secondary N) is 2. The minimum absolute atomic E-state index is 0.328. The maximum absolute atomic E-state index is 4.68. The van der Waals surface area contributed by atoms with Crippen molar-refractivity contribution in [3.8, 4) is 0 Å². The second-order valence-electron chi connectivity index (χ2n) is 5.34. The van der Waals surface area contributed by atoms with Gasteiger partial charge >= 0.3 is 0 Å². The molecule has 5 heteroatoms. The lowest BCUT2D eigenvalue weighted by Gasteiger charge is -2.19. The molecule has 1 aromatic heterocycles. The largest absolute Gasteiger partial charge is 0.373 e. The minimum atomic E-state index is 0.328. The summed E-state index contributed by atoms with van der Waals surface area (Å²) in [7, 11) is 1.91. The summed E-state index contributed by atoms with van der Waals surface area (Å²) >= 11 is 1.98. The third-order valence-electron chi connectivity index (χ3n) is 3.20. The van der Waals surface area contributed by atoms with Crippen LogP contribution in [0.25, 0.3) is 0 Å². The zero-order chi connectivity index (χ0) is 15.1. The quantitative estimate of drug-likeness (QED) is 0.713. The van der Waals surface area contributed by atoms with E-state index in [0.29, 0.717) is 12.0 Å². The van der Waals surface area contributed by atoms with Crippen molar-refractivity contribution in [3.05, 3.63) is 11.4 Å². The average molecular weight is 296 g/mol. The van der Waals surface area contributed by atoms with Crippen LogP contribution in [0.15, 0.2) is 0 Å². The number of nitrogens with zero attached hydrogens (tertiary/aromatic N) is 2. The van der Waals surface area contributed by atoms with E-state index in [1.807, 2.05) is 18.8 Å². The Morgan fingerprint density at radius 2 is 1.80 bits per heavy atom. The van der Waals surface area contributed by atoms with Crippen molar-refractivity contribution in [1.29, 1.82) is 0 Å². The third kappa shape index (κ3) is 4.85. The van der Waals surface area contributed by atoms with Crippen molar-refractivity contribution in [1.82, 2.24) is 9.97 Å². The van der Waals surface area contributed by atoms with E-state index in [1.165, 1.54) is 11.5 Å². The average Bonchev–Trinajstić information content (AvgIpc) is 2.41. The maximum Gasteiger partial charge on any atom is 0.135 e. The molecular formula is C15H28N4S. The lowest BCUT2D eigenvalue weighted by molar-refractivity contribution is 0.743. The maximum atomic E-state index is 4.68. The van der Waals surface area contributed by atoms with Crippen LogP contribution in [0.1, 0.15) is 51.4 Å². The minimum Gasteiger partial charge on any atom is -0.373 e. The van der Waals surface area contributed by atoms with E-state index in [9.17, 15) is 0 Å². The van der Waals surface area contributed by atoms with Gasteiger partial charge < -0.3 is 10.6 Å². The molecule has 1 heterocycles. The van der Waals surface area contributed by atoms with Crippen LogP contribution in [-0.4, -0.2) is 34.6 Å². The van der Waals surface area contributed by atoms with Crippen LogP contribution in [0, 0.1) is 6.92 Å². The number of rotatable bonds is 8. The Bertz CT molecular complexity index is 421. The van der Waals surface area contributed by atoms with Crippen LogP contribution in [-0.2, 0) is 0 Å². The van der Waals surface area contributed by atoms with E-state index in [-0.39, 0.29) is 0 Å². The summed E-state index contributed by atoms with van der Waals surface area (Å²) in [6.07, 6.45) is 1.15. The molecule has 1 atom stereocenters. The monoisotopic (exact) mass is 296 g/mol. The fourth-order valence-electron chi connectivity index (χ4n) is 1.89. The van der Waals surface area contributed by atoms with E-state index in [0.717, 1.165) is 29.4 Å². The number of hydrogen-bond donors (Lipinski definition) is 2. The van der Waals surface area contributed by atoms with Crippen molar-refractivity contribution in [2.75, 3.05) is 29.2 Å². The van der Waals surface area contributed by atoms with Gasteiger partial charge in [-0.3, -0.25) is 0 Å². The Balaban J connectivity index is 2.84. The lowest BCUT2D eigenvalue weighted by atomic mass is 10.2. The van der Waals surface area contributed by atoms with Gasteiger partial charge in [-0.15, -0.1) is 0 Å². The molecule has 0 aliphatic carbocycles. The molecule has 4 nitrogen and oxygen atoms in total. The van der Waals surface area contributed by atoms with E-state index in [4.69, 9.17) is 0 Å². The van der Waals surface area contributed by atoms with Crippen molar-refractivity contribution in [2.45, 2.75) is 53.0 Å². The highest BCUT2D eigenvalue weighted by molar-refractivity contribution is 7.99. The number of anilines is 2. The molecule has 0 spiro atoms. The Labute approximate surface area is 127 Å². The Morgan fingerprint density at radius 3 is 2.35 bits per heavy atom. The van der Waals surface area contributed by atoms with Crippen LogP contribution in [0.4, 0.5) is 11.6 Å². The highest BCUT2D eigenvalue weighted by atomic mass is 32.2. The second-order valence-corrected chi connectivity index (χ2v) is 6.73. The molecule has 1 unspecified atom stereocenters. The van der Waals surface area contributed by atoms with Gasteiger partial charge in [0.1, 0.15) is 17.5 Å². The molecule has 0 saturated heterocycles. The number of hydrogen-bond acceptors (Lipinski definition) is 5. The predicted octanol–water partition coefficient (Wildman–Crippen LogP) is 3.89. The topological polar surface area (TPSA) is 49.8 Å². The number of thioether (sulfide) groups is 1. The normalized spacial score (nSPS) is 12.6. The molecule has 1 rings (SSSR count). The van der Waals surface area contributed by atoms with Gasteiger partial charge in [0.25, 0.3) is 0 Å². The number of aromatic nitrogens is 2. The first-order valence-corrected chi connectivity index (χ1v) is 8.55. The van der Waals surface area contributed by atoms with Crippen LogP contribution < -0.4 is 10.6 Å². The standard InChI is InChI=1S/C15H28N4S/c1-7-20-9-8-11(4)17-15-12(5)14(16-6)18-13(19-15)10(2)3/h10-11H,7-9H2,1-6H3,(H2,16,17,18,19). The van der Waals surface area contributed by atoms with Crippen LogP contribution in [0.5, 0.6) is 0 Å². The molecule has 0 bridgehead atoms. The van der Waals surface area contributed by atoms with Gasteiger partial charge in [-0.05, 0) is 31.8 Å². The molecule has 0 aromatic carbocycles. The SMILES string of the molecule is CCSCCC(C)Nc1nc(C(C)C)nc(NC)c1C. The van der Waals surface area contributed by atoms with Gasteiger partial charge in [-0.1, -0.05) is 20.8 Å². The van der Waals surface area contributed by atoms with Gasteiger partial charge in [0, 0.05) is 24.6 Å². The molecule has 0 aliphatic rings. The Morgan fingerprint density at radius 1 is 1.15 bits per heavy atom. The van der Waals surface area contributed by atoms with Crippen LogP contribution in [0.3, 0.4) is 0 Å². The smallest absolute Gasteiger partial charge is 0.135 e. The van der Waals surface area contributed by atoms with Gasteiger partial charge in [0.05, 0.1) is 0 Å². The highest BCUT2D eigenvalue weighted by Crippen LogP contribution is 2.23. The fraction of sp³-hybridized carbons (Fsp3) is 0.733. The molecule has 20 heavy (non-hydrogen) atoms. The zero-order valence-corrected chi connectivity index (χ0v) is 14.4. The lowest BCUT2D eigenvalue weighted by Crippen LogP contribution is -2.19. The third-order valence-corrected chi connectivity index (χ3v) is 4.13. The molecular weight excluding hydrogens is 268 g/mol. The van der Waals surface area contributed by atoms with Crippen molar-refractivity contribution >= 4 is 23.4 Å². The van der Waals surface area contributed by atoms with E-state index < -0.39 is 0 Å². The van der Waals surface area contributed by atoms with Gasteiger partial charge in [-0.25, -0.2) is 9.97 Å². The summed E-state index contributed by atoms with van der Waals surface area (Å²) in [6, 6.07) is 0.423. The summed E-state index contributed by atoms with van der Waals surface area (Å²) < 4.78 is 0. The fourth-order valence-corrected chi connectivity index (χ4v) is 2.69. The molecule has 0 radical (unpaired) electrons. The van der Waals surface area contributed by atoms with Crippen molar-refractivity contribution < 1.29 is 0 Å². The Kier molecular flexibility index (Phi) is 7.13. The highest BCUT2D eigenvalue weighted by Gasteiger charge is 2.13.